The maximum atomic E-state index is 7.46. The Bertz CT molecular complexity index is 1410. The van der Waals surface area contributed by atoms with E-state index in [1.54, 1.807) is 44.1 Å². The number of hydrogen-bond acceptors (Lipinski definition) is 0. The molecule has 0 unspecified atom stereocenters. The van der Waals surface area contributed by atoms with Crippen molar-refractivity contribution in [3.05, 3.63) is 94.9 Å². The Kier molecular flexibility index (Phi) is 27.8. The van der Waals surface area contributed by atoms with Crippen molar-refractivity contribution >= 4 is 27.5 Å². The van der Waals surface area contributed by atoms with Gasteiger partial charge in [-0.15, -0.1) is 14.3 Å². The number of aromatic hydroxyl groups is 1. The molecule has 0 spiro atoms. The second-order valence-electron chi connectivity index (χ2n) is 14.1. The van der Waals surface area contributed by atoms with Crippen LogP contribution in [0.15, 0.2) is 60.7 Å². The number of fused-ring (bicyclic) bond motifs is 3. The molecule has 0 atom stereocenters. The molecule has 1 aliphatic carbocycles. The molecule has 0 amide bonds. The van der Waals surface area contributed by atoms with Crippen LogP contribution in [0.2, 0.25) is 0 Å². The number of ether oxygens (including phenoxy) is 1. The van der Waals surface area contributed by atoms with Gasteiger partial charge in [0.1, 0.15) is 0 Å². The van der Waals surface area contributed by atoms with Gasteiger partial charge in [-0.1, -0.05) is 104 Å². The first-order valence-corrected chi connectivity index (χ1v) is 24.6. The van der Waals surface area contributed by atoms with Crippen LogP contribution < -0.4 is 0 Å². The summed E-state index contributed by atoms with van der Waals surface area (Å²) in [5, 5.41) is 0. The second kappa shape index (κ2) is 30.1. The predicted octanol–water partition coefficient (Wildman–Crippen LogP) is 14.8. The number of unbranched alkanes of at least 4 members (excludes halogenated alkanes) is 6. The molecule has 1 N–H and O–H groups in total. The van der Waals surface area contributed by atoms with Crippen LogP contribution in [0, 0.1) is 24.7 Å². The van der Waals surface area contributed by atoms with E-state index in [0.717, 1.165) is 44.7 Å². The van der Waals surface area contributed by atoms with Crippen molar-refractivity contribution in [2.24, 2.45) is 0 Å². The molecule has 0 saturated heterocycles. The molecule has 0 bridgehead atoms. The molecule has 0 aromatic heterocycles. The second-order valence-corrected chi connectivity index (χ2v) is 19.8. The minimum atomic E-state index is 0. The van der Waals surface area contributed by atoms with Gasteiger partial charge in [0, 0.05) is 53.7 Å². The van der Waals surface area contributed by atoms with Crippen LogP contribution in [0.3, 0.4) is 0 Å². The fourth-order valence-electron chi connectivity index (χ4n) is 6.49. The predicted molar refractivity (Wildman–Crippen MR) is 243 cm³/mol. The number of benzene rings is 3. The molecule has 1 nitrogen and oxygen atoms in total. The van der Waals surface area contributed by atoms with E-state index < -0.39 is 0 Å². The van der Waals surface area contributed by atoms with Crippen LogP contribution >= 0.6 is 15.8 Å². The minimum absolute atomic E-state index is 0. The van der Waals surface area contributed by atoms with Gasteiger partial charge in [0.2, 0.25) is 0 Å². The quantitative estimate of drug-likeness (QED) is 0.0476. The van der Waals surface area contributed by atoms with Gasteiger partial charge in [-0.3, -0.25) is 0 Å². The van der Waals surface area contributed by atoms with Gasteiger partial charge in [0.05, 0.1) is 18.5 Å². The van der Waals surface area contributed by atoms with Gasteiger partial charge in [0.25, 0.3) is 5.75 Å². The third-order valence-electron chi connectivity index (χ3n) is 9.82. The average Bonchev–Trinajstić information content (AvgIpc) is 3.49. The minimum Gasteiger partial charge on any atom is -0.585 e. The van der Waals surface area contributed by atoms with Crippen LogP contribution in [-0.2, 0) is 21.1 Å². The molecule has 0 heterocycles. The summed E-state index contributed by atoms with van der Waals surface area (Å²) in [5.41, 5.74) is 8.40. The zero-order valence-electron chi connectivity index (χ0n) is 34.4. The summed E-state index contributed by atoms with van der Waals surface area (Å²) in [6.07, 6.45) is 41.8. The van der Waals surface area contributed by atoms with Crippen molar-refractivity contribution < 1.29 is 27.2 Å². The van der Waals surface area contributed by atoms with Crippen LogP contribution in [-0.4, -0.2) is 48.8 Å². The molecule has 0 saturated carbocycles. The van der Waals surface area contributed by atoms with E-state index in [2.05, 4.69) is 94.5 Å². The molecular formula is C49H73OP2Pt+2. The van der Waals surface area contributed by atoms with Gasteiger partial charge in [-0.2, -0.15) is 0 Å². The summed E-state index contributed by atoms with van der Waals surface area (Å²) in [4.78, 5) is 0. The Morgan fingerprint density at radius 2 is 1.08 bits per heavy atom. The summed E-state index contributed by atoms with van der Waals surface area (Å²) in [6.45, 7) is 13.9. The SMILES string of the molecule is CCCCP(CCCC)CCCC.CCCC[PH+](CCCC)CCCC.[C]#Cc1ccc2c(c1)/C(=C\c1ccc([OH+]C)cc1)c1cc(C#C)ccc1-2.[HH].[Pt]. The first-order chi connectivity index (χ1) is 25.4. The van der Waals surface area contributed by atoms with E-state index in [1.165, 1.54) is 82.6 Å². The molecule has 4 heteroatoms. The fraction of sp³-hybridized carbons (Fsp3) is 0.510. The topological polar surface area (TPSA) is 12.8 Å². The normalized spacial score (nSPS) is 11.7. The maximum absolute atomic E-state index is 7.46. The monoisotopic (exact) mass is 934 g/mol. The van der Waals surface area contributed by atoms with Crippen molar-refractivity contribution in [3.63, 3.8) is 0 Å². The molecule has 3 aromatic carbocycles. The van der Waals surface area contributed by atoms with Crippen LogP contribution in [0.25, 0.3) is 22.8 Å². The van der Waals surface area contributed by atoms with Crippen LogP contribution in [0.5, 0.6) is 5.75 Å². The number of aliphatic hydroxyl groups is 1. The van der Waals surface area contributed by atoms with Crippen molar-refractivity contribution in [2.45, 2.75) is 119 Å². The summed E-state index contributed by atoms with van der Waals surface area (Å²) < 4.78 is 4.19. The zero-order chi connectivity index (χ0) is 38.0. The Morgan fingerprint density at radius 3 is 1.47 bits per heavy atom. The maximum Gasteiger partial charge on any atom is 0.254 e. The Hall–Kier alpha value is -2.13. The van der Waals surface area contributed by atoms with Crippen molar-refractivity contribution in [2.75, 3.05) is 44.1 Å². The van der Waals surface area contributed by atoms with E-state index in [9.17, 15) is 0 Å². The molecule has 0 aliphatic heterocycles. The summed E-state index contributed by atoms with van der Waals surface area (Å²) in [7, 11) is 2.27. The largest absolute Gasteiger partial charge is 0.585 e. The molecule has 0 fully saturated rings. The van der Waals surface area contributed by atoms with Crippen molar-refractivity contribution in [1.82, 2.24) is 0 Å². The van der Waals surface area contributed by atoms with Crippen LogP contribution in [0.4, 0.5) is 0 Å². The van der Waals surface area contributed by atoms with E-state index >= 15 is 0 Å². The van der Waals surface area contributed by atoms with Gasteiger partial charge in [0.15, 0.2) is 7.11 Å². The summed E-state index contributed by atoms with van der Waals surface area (Å²) >= 11 is 0. The van der Waals surface area contributed by atoms with Crippen molar-refractivity contribution in [1.29, 1.82) is 0 Å². The first-order valence-electron chi connectivity index (χ1n) is 20.6. The van der Waals surface area contributed by atoms with Gasteiger partial charge in [-0.25, -0.2) is 0 Å². The molecule has 4 rings (SSSR count). The van der Waals surface area contributed by atoms with E-state index in [0.29, 0.717) is 7.92 Å². The average molecular weight is 935 g/mol. The van der Waals surface area contributed by atoms with Gasteiger partial charge in [-0.05, 0) is 139 Å². The molecular weight excluding hydrogens is 862 g/mol. The Morgan fingerprint density at radius 1 is 0.642 bits per heavy atom. The first kappa shape index (κ1) is 48.9. The smallest absolute Gasteiger partial charge is 0.254 e. The van der Waals surface area contributed by atoms with E-state index in [-0.39, 0.29) is 30.4 Å². The zero-order valence-corrected chi connectivity index (χ0v) is 38.5. The number of hydrogen-bond donors (Lipinski definition) is 0. The summed E-state index contributed by atoms with van der Waals surface area (Å²) in [5.74, 6) is 6.16. The van der Waals surface area contributed by atoms with E-state index in [1.807, 2.05) is 30.3 Å². The molecule has 1 aliphatic rings. The Balaban J connectivity index is 0.000000859. The molecule has 3 aromatic rings. The van der Waals surface area contributed by atoms with Gasteiger partial charge < -0.3 is 4.74 Å². The third-order valence-corrected chi connectivity index (χ3v) is 15.8. The summed E-state index contributed by atoms with van der Waals surface area (Å²) in [6, 6.07) is 20.2. The fourth-order valence-corrected chi connectivity index (χ4v) is 12.8. The van der Waals surface area contributed by atoms with E-state index in [4.69, 9.17) is 12.8 Å². The molecule has 53 heavy (non-hydrogen) atoms. The van der Waals surface area contributed by atoms with Crippen LogP contribution in [0.1, 0.15) is 148 Å². The number of terminal acetylenes is 1. The standard InChI is InChI=1S/C25H15O.2C12H27P.Pt.H2/c1-4-17-8-12-21-22-13-9-18(5-2)15-24(22)25(23(21)14-17)16-19-6-10-20(26-3)11-7-19;2*1-4-7-10-13(11-8-5-2)12-9-6-3;;/h1,6-16H,3H3;2*4-12H2,1-3H3;;1H/p+2/b25-16-;;;;. The molecule has 293 valence electrons. The third kappa shape index (κ3) is 17.9. The molecule has 1 radical (unpaired) electrons. The number of rotatable bonds is 20. The van der Waals surface area contributed by atoms with Gasteiger partial charge >= 0.3 is 0 Å². The van der Waals surface area contributed by atoms with Crippen molar-refractivity contribution in [3.8, 4) is 35.1 Å². The Labute approximate surface area is 345 Å².